The summed E-state index contributed by atoms with van der Waals surface area (Å²) in [7, 11) is 1.58. The van der Waals surface area contributed by atoms with E-state index in [1.54, 1.807) is 29.0 Å². The summed E-state index contributed by atoms with van der Waals surface area (Å²) in [5.41, 5.74) is 4.75. The maximum absolute atomic E-state index is 13.8. The molecule has 3 aromatic carbocycles. The van der Waals surface area contributed by atoms with Crippen LogP contribution >= 0.6 is 0 Å². The largest absolute Gasteiger partial charge is 0.383 e. The van der Waals surface area contributed by atoms with Gasteiger partial charge in [0.15, 0.2) is 0 Å². The van der Waals surface area contributed by atoms with E-state index in [2.05, 4.69) is 18.0 Å². The number of halogens is 1. The molecule has 2 amide bonds. The van der Waals surface area contributed by atoms with Crippen LogP contribution in [0.2, 0.25) is 0 Å². The standard InChI is InChI=1S/C34H40FN3O3/c1-3-4-5-8-26-11-15-28(16-12-26)34(40)38(21-22-41-2)25-33(39)37(24-27-13-17-30(35)18-14-27)20-19-29-23-36-32-10-7-6-9-31(29)32/h6-7,9-18,23,36H,3-5,8,19-22,24-25H2,1-2H3. The number of benzene rings is 3. The van der Waals surface area contributed by atoms with Crippen LogP contribution in [0.15, 0.2) is 79.0 Å². The van der Waals surface area contributed by atoms with Crippen LogP contribution < -0.4 is 0 Å². The summed E-state index contributed by atoms with van der Waals surface area (Å²) in [6.07, 6.45) is 7.08. The molecule has 0 saturated carbocycles. The fourth-order valence-corrected chi connectivity index (χ4v) is 4.99. The highest BCUT2D eigenvalue weighted by Crippen LogP contribution is 2.19. The van der Waals surface area contributed by atoms with Crippen LogP contribution in [-0.4, -0.2) is 59.9 Å². The minimum atomic E-state index is -0.321. The SMILES string of the molecule is CCCCCc1ccc(C(=O)N(CCOC)CC(=O)N(CCc2c[nH]c3ccccc23)Cc2ccc(F)cc2)cc1. The Morgan fingerprint density at radius 2 is 1.59 bits per heavy atom. The van der Waals surface area contributed by atoms with Crippen molar-refractivity contribution in [3.63, 3.8) is 0 Å². The quantitative estimate of drug-likeness (QED) is 0.172. The first-order valence-corrected chi connectivity index (χ1v) is 14.4. The lowest BCUT2D eigenvalue weighted by Gasteiger charge is -2.28. The number of rotatable bonds is 15. The number of nitrogens with one attached hydrogen (secondary N) is 1. The normalized spacial score (nSPS) is 11.1. The van der Waals surface area contributed by atoms with Crippen LogP contribution in [0.25, 0.3) is 10.9 Å². The second kappa shape index (κ2) is 15.1. The summed E-state index contributed by atoms with van der Waals surface area (Å²) in [6, 6.07) is 22.0. The number of ether oxygens (including phenoxy) is 1. The van der Waals surface area contributed by atoms with Gasteiger partial charge in [-0.1, -0.05) is 62.2 Å². The Labute approximate surface area is 242 Å². The summed E-state index contributed by atoms with van der Waals surface area (Å²) in [5, 5.41) is 1.12. The number of carbonyl (C=O) groups is 2. The first kappa shape index (κ1) is 30.0. The number of hydrogen-bond acceptors (Lipinski definition) is 3. The lowest BCUT2D eigenvalue weighted by molar-refractivity contribution is -0.132. The molecule has 0 fully saturated rings. The molecule has 0 unspecified atom stereocenters. The Balaban J connectivity index is 1.49. The first-order chi connectivity index (χ1) is 20.0. The zero-order valence-electron chi connectivity index (χ0n) is 24.1. The number of unbranched alkanes of at least 4 members (excludes halogenated alkanes) is 2. The molecule has 0 spiro atoms. The minimum Gasteiger partial charge on any atom is -0.383 e. The third-order valence-corrected chi connectivity index (χ3v) is 7.41. The Morgan fingerprint density at radius 3 is 2.32 bits per heavy atom. The van der Waals surface area contributed by atoms with Crippen LogP contribution in [0, 0.1) is 5.82 Å². The van der Waals surface area contributed by atoms with E-state index in [-0.39, 0.29) is 24.2 Å². The number of nitrogens with zero attached hydrogens (tertiary/aromatic N) is 2. The van der Waals surface area contributed by atoms with Crippen LogP contribution in [-0.2, 0) is 28.9 Å². The molecule has 0 aliphatic rings. The van der Waals surface area contributed by atoms with Crippen LogP contribution in [0.4, 0.5) is 4.39 Å². The first-order valence-electron chi connectivity index (χ1n) is 14.4. The van der Waals surface area contributed by atoms with Crippen LogP contribution in [0.5, 0.6) is 0 Å². The van der Waals surface area contributed by atoms with Gasteiger partial charge >= 0.3 is 0 Å². The Hall–Kier alpha value is -3.97. The Bertz CT molecular complexity index is 1400. The van der Waals surface area contributed by atoms with Gasteiger partial charge in [0.05, 0.1) is 6.61 Å². The second-order valence-electron chi connectivity index (χ2n) is 10.4. The van der Waals surface area contributed by atoms with Gasteiger partial charge in [-0.15, -0.1) is 0 Å². The predicted octanol–water partition coefficient (Wildman–Crippen LogP) is 6.40. The molecule has 0 aliphatic heterocycles. The van der Waals surface area contributed by atoms with E-state index in [4.69, 9.17) is 4.74 Å². The van der Waals surface area contributed by atoms with Gasteiger partial charge in [-0.25, -0.2) is 4.39 Å². The van der Waals surface area contributed by atoms with E-state index in [0.29, 0.717) is 38.2 Å². The molecule has 4 aromatic rings. The van der Waals surface area contributed by atoms with E-state index in [0.717, 1.165) is 34.9 Å². The molecule has 1 aromatic heterocycles. The van der Waals surface area contributed by atoms with E-state index >= 15 is 0 Å². The second-order valence-corrected chi connectivity index (χ2v) is 10.4. The number of amides is 2. The van der Waals surface area contributed by atoms with Crippen molar-refractivity contribution < 1.29 is 18.7 Å². The summed E-state index contributed by atoms with van der Waals surface area (Å²) >= 11 is 0. The van der Waals surface area contributed by atoms with Crippen molar-refractivity contribution in [1.29, 1.82) is 0 Å². The third-order valence-electron chi connectivity index (χ3n) is 7.41. The number of fused-ring (bicyclic) bond motifs is 1. The fraction of sp³-hybridized carbons (Fsp3) is 0.353. The number of methoxy groups -OCH3 is 1. The highest BCUT2D eigenvalue weighted by molar-refractivity contribution is 5.96. The van der Waals surface area contributed by atoms with E-state index in [1.165, 1.54) is 30.5 Å². The van der Waals surface area contributed by atoms with Gasteiger partial charge in [0.25, 0.3) is 5.91 Å². The summed E-state index contributed by atoms with van der Waals surface area (Å²) in [6.45, 7) is 3.50. The van der Waals surface area contributed by atoms with E-state index in [9.17, 15) is 14.0 Å². The molecule has 216 valence electrons. The highest BCUT2D eigenvalue weighted by Gasteiger charge is 2.23. The molecule has 4 rings (SSSR count). The van der Waals surface area contributed by atoms with Crippen LogP contribution in [0.1, 0.15) is 53.2 Å². The summed E-state index contributed by atoms with van der Waals surface area (Å²) in [5.74, 6) is -0.693. The fourth-order valence-electron chi connectivity index (χ4n) is 4.99. The van der Waals surface area contributed by atoms with Gasteiger partial charge in [0.1, 0.15) is 12.4 Å². The molecule has 0 aliphatic carbocycles. The number of carbonyl (C=O) groups excluding carboxylic acids is 2. The molecular formula is C34H40FN3O3. The number of para-hydroxylation sites is 1. The summed E-state index contributed by atoms with van der Waals surface area (Å²) < 4.78 is 18.8. The average Bonchev–Trinajstić information content (AvgIpc) is 3.41. The summed E-state index contributed by atoms with van der Waals surface area (Å²) in [4.78, 5) is 33.9. The van der Waals surface area contributed by atoms with Crippen molar-refractivity contribution in [2.45, 2.75) is 45.6 Å². The third kappa shape index (κ3) is 8.51. The molecule has 6 nitrogen and oxygen atoms in total. The molecule has 0 radical (unpaired) electrons. The van der Waals surface area contributed by atoms with Crippen molar-refractivity contribution in [3.05, 3.63) is 107 Å². The zero-order valence-corrected chi connectivity index (χ0v) is 24.1. The van der Waals surface area contributed by atoms with E-state index < -0.39 is 0 Å². The minimum absolute atomic E-state index is 0.0739. The van der Waals surface area contributed by atoms with Gasteiger partial charge in [0, 0.05) is 49.4 Å². The van der Waals surface area contributed by atoms with Crippen molar-refractivity contribution in [3.8, 4) is 0 Å². The molecule has 0 atom stereocenters. The highest BCUT2D eigenvalue weighted by atomic mass is 19.1. The molecule has 41 heavy (non-hydrogen) atoms. The molecule has 1 heterocycles. The van der Waals surface area contributed by atoms with Gasteiger partial charge in [-0.3, -0.25) is 9.59 Å². The molecule has 0 saturated heterocycles. The Kier molecular flexibility index (Phi) is 11.1. The van der Waals surface area contributed by atoms with E-state index in [1.807, 2.05) is 48.7 Å². The van der Waals surface area contributed by atoms with Crippen molar-refractivity contribution in [2.24, 2.45) is 0 Å². The van der Waals surface area contributed by atoms with Crippen molar-refractivity contribution in [2.75, 3.05) is 33.4 Å². The van der Waals surface area contributed by atoms with Crippen molar-refractivity contribution >= 4 is 22.7 Å². The zero-order chi connectivity index (χ0) is 29.0. The lowest BCUT2D eigenvalue weighted by Crippen LogP contribution is -2.44. The molecule has 1 N–H and O–H groups in total. The van der Waals surface area contributed by atoms with Crippen molar-refractivity contribution in [1.82, 2.24) is 14.8 Å². The number of H-pyrrole nitrogens is 1. The monoisotopic (exact) mass is 557 g/mol. The molecular weight excluding hydrogens is 517 g/mol. The van der Waals surface area contributed by atoms with Gasteiger partial charge in [-0.2, -0.15) is 0 Å². The smallest absolute Gasteiger partial charge is 0.254 e. The number of aromatic nitrogens is 1. The Morgan fingerprint density at radius 1 is 0.854 bits per heavy atom. The lowest BCUT2D eigenvalue weighted by atomic mass is 10.0. The van der Waals surface area contributed by atoms with Gasteiger partial charge in [-0.05, 0) is 66.3 Å². The van der Waals surface area contributed by atoms with Gasteiger partial charge < -0.3 is 19.5 Å². The molecule has 0 bridgehead atoms. The van der Waals surface area contributed by atoms with Gasteiger partial charge in [0.2, 0.25) is 5.91 Å². The number of aromatic amines is 1. The average molecular weight is 558 g/mol. The predicted molar refractivity (Wildman–Crippen MR) is 161 cm³/mol. The maximum atomic E-state index is 13.8. The topological polar surface area (TPSA) is 65.6 Å². The number of aryl methyl sites for hydroxylation is 1. The van der Waals surface area contributed by atoms with Crippen LogP contribution in [0.3, 0.4) is 0 Å². The molecule has 7 heteroatoms. The maximum Gasteiger partial charge on any atom is 0.254 e. The number of hydrogen-bond donors (Lipinski definition) is 1.